The normalized spacial score (nSPS) is 37.4. The van der Waals surface area contributed by atoms with Crippen LogP contribution in [0.3, 0.4) is 0 Å². The Balaban J connectivity index is 1.40. The van der Waals surface area contributed by atoms with Gasteiger partial charge < -0.3 is 14.6 Å². The molecule has 2 aliphatic heterocycles. The zero-order valence-electron chi connectivity index (χ0n) is 19.2. The summed E-state index contributed by atoms with van der Waals surface area (Å²) in [5.74, 6) is 1.39. The van der Waals surface area contributed by atoms with E-state index in [-0.39, 0.29) is 41.1 Å². The lowest BCUT2D eigenvalue weighted by atomic mass is 9.59. The number of hydrogen-bond acceptors (Lipinski definition) is 5. The van der Waals surface area contributed by atoms with Crippen LogP contribution in [0.5, 0.6) is 11.5 Å². The Bertz CT molecular complexity index is 924. The van der Waals surface area contributed by atoms with Crippen molar-refractivity contribution < 1.29 is 19.4 Å². The highest BCUT2D eigenvalue weighted by molar-refractivity contribution is 5.76. The van der Waals surface area contributed by atoms with Crippen LogP contribution in [0, 0.1) is 23.2 Å². The Labute approximate surface area is 185 Å². The van der Waals surface area contributed by atoms with E-state index >= 15 is 0 Å². The Morgan fingerprint density at radius 2 is 2.13 bits per heavy atom. The molecule has 6 atom stereocenters. The quantitative estimate of drug-likeness (QED) is 0.565. The number of carbonyl (C=O) groups excluding carboxylic acids is 1. The second-order valence-electron chi connectivity index (χ2n) is 10.5. The lowest BCUT2D eigenvalue weighted by molar-refractivity contribution is -0.145. The molecule has 2 heterocycles. The average Bonchev–Trinajstić information content (AvgIpc) is 3.02. The standard InChI is InChI=1S/C26H35NO4/c1-15-6-5-8-26(3)13-24-19(11-21(15)26)20(25(29)31-24)14-27-9-7-17-10-22(28)23(30-4)12-18(17)16(27)2/h10-12,15-16,19-20,24,28H,5-9,13-14H2,1-4H3/t15-,16+,19+,20-,24+,26+/m0/s1. The first-order chi connectivity index (χ1) is 14.8. The summed E-state index contributed by atoms with van der Waals surface area (Å²) in [7, 11) is 1.58. The van der Waals surface area contributed by atoms with Gasteiger partial charge in [-0.2, -0.15) is 0 Å². The van der Waals surface area contributed by atoms with Gasteiger partial charge in [0.25, 0.3) is 0 Å². The Morgan fingerprint density at radius 3 is 2.90 bits per heavy atom. The number of nitrogens with zero attached hydrogens (tertiary/aromatic N) is 1. The van der Waals surface area contributed by atoms with Crippen LogP contribution in [0.15, 0.2) is 23.8 Å². The van der Waals surface area contributed by atoms with Crippen molar-refractivity contribution in [1.29, 1.82) is 0 Å². The SMILES string of the molecule is COc1cc2c(cc1O)CCN(C[C@@H]1C(=O)O[C@@H]3C[C@@]4(C)CCC[C@H](C)C4=C[C@H]13)[C@@H]2C. The molecule has 168 valence electrons. The highest BCUT2D eigenvalue weighted by atomic mass is 16.6. The van der Waals surface area contributed by atoms with Crippen LogP contribution in [0.4, 0.5) is 0 Å². The topological polar surface area (TPSA) is 59.0 Å². The van der Waals surface area contributed by atoms with Gasteiger partial charge in [0.2, 0.25) is 0 Å². The number of ether oxygens (including phenoxy) is 2. The molecule has 0 spiro atoms. The van der Waals surface area contributed by atoms with E-state index in [1.165, 1.54) is 30.4 Å². The lowest BCUT2D eigenvalue weighted by Gasteiger charge is -2.46. The van der Waals surface area contributed by atoms with Crippen LogP contribution >= 0.6 is 0 Å². The van der Waals surface area contributed by atoms with Crippen molar-refractivity contribution >= 4 is 5.97 Å². The lowest BCUT2D eigenvalue weighted by Crippen LogP contribution is -2.42. The average molecular weight is 426 g/mol. The molecule has 0 aromatic heterocycles. The van der Waals surface area contributed by atoms with Gasteiger partial charge in [0.05, 0.1) is 13.0 Å². The molecule has 0 amide bonds. The Kier molecular flexibility index (Phi) is 5.08. The van der Waals surface area contributed by atoms with Crippen molar-refractivity contribution in [3.63, 3.8) is 0 Å². The molecule has 5 nitrogen and oxygen atoms in total. The molecule has 2 fully saturated rings. The third-order valence-corrected chi connectivity index (χ3v) is 8.62. The Morgan fingerprint density at radius 1 is 1.32 bits per heavy atom. The number of phenolic OH excluding ortho intramolecular Hbond substituents is 1. The second kappa shape index (κ2) is 7.54. The molecule has 1 N–H and O–H groups in total. The van der Waals surface area contributed by atoms with Crippen LogP contribution in [0.2, 0.25) is 0 Å². The second-order valence-corrected chi connectivity index (χ2v) is 10.5. The molecule has 4 aliphatic rings. The number of allylic oxidation sites excluding steroid dienone is 1. The minimum Gasteiger partial charge on any atom is -0.504 e. The smallest absolute Gasteiger partial charge is 0.311 e. The molecule has 1 saturated heterocycles. The summed E-state index contributed by atoms with van der Waals surface area (Å²) in [4.78, 5) is 15.4. The van der Waals surface area contributed by atoms with Gasteiger partial charge in [-0.25, -0.2) is 0 Å². The van der Waals surface area contributed by atoms with Gasteiger partial charge in [-0.1, -0.05) is 31.9 Å². The van der Waals surface area contributed by atoms with Crippen LogP contribution in [0.25, 0.3) is 0 Å². The molecule has 1 aromatic carbocycles. The van der Waals surface area contributed by atoms with Crippen molar-refractivity contribution in [3.8, 4) is 11.5 Å². The van der Waals surface area contributed by atoms with E-state index in [4.69, 9.17) is 9.47 Å². The van der Waals surface area contributed by atoms with Crippen molar-refractivity contribution in [2.45, 2.75) is 65.0 Å². The number of rotatable bonds is 3. The van der Waals surface area contributed by atoms with Crippen molar-refractivity contribution in [2.24, 2.45) is 23.2 Å². The molecular weight excluding hydrogens is 390 g/mol. The first-order valence-corrected chi connectivity index (χ1v) is 11.9. The molecule has 1 aromatic rings. The number of fused-ring (bicyclic) bond motifs is 3. The zero-order valence-corrected chi connectivity index (χ0v) is 19.2. The van der Waals surface area contributed by atoms with E-state index in [9.17, 15) is 9.90 Å². The minimum atomic E-state index is -0.0980. The zero-order chi connectivity index (χ0) is 21.9. The van der Waals surface area contributed by atoms with Gasteiger partial charge >= 0.3 is 5.97 Å². The number of benzene rings is 1. The fourth-order valence-electron chi connectivity index (χ4n) is 6.81. The first-order valence-electron chi connectivity index (χ1n) is 11.9. The summed E-state index contributed by atoms with van der Waals surface area (Å²) < 4.78 is 11.3. The number of methoxy groups -OCH3 is 1. The predicted molar refractivity (Wildman–Crippen MR) is 119 cm³/mol. The summed E-state index contributed by atoms with van der Waals surface area (Å²) in [6.45, 7) is 8.51. The van der Waals surface area contributed by atoms with Crippen LogP contribution in [-0.4, -0.2) is 42.3 Å². The maximum Gasteiger partial charge on any atom is 0.311 e. The van der Waals surface area contributed by atoms with Gasteiger partial charge in [-0.05, 0) is 67.2 Å². The maximum atomic E-state index is 13.0. The molecule has 2 aliphatic carbocycles. The fourth-order valence-corrected chi connectivity index (χ4v) is 6.81. The van der Waals surface area contributed by atoms with E-state index in [1.54, 1.807) is 12.7 Å². The van der Waals surface area contributed by atoms with Gasteiger partial charge in [0, 0.05) is 25.0 Å². The van der Waals surface area contributed by atoms with Crippen molar-refractivity contribution in [1.82, 2.24) is 4.90 Å². The highest BCUT2D eigenvalue weighted by Gasteiger charge is 2.52. The molecule has 0 unspecified atom stereocenters. The predicted octanol–water partition coefficient (Wildman–Crippen LogP) is 4.63. The molecule has 5 heteroatoms. The number of hydrogen-bond donors (Lipinski definition) is 1. The summed E-state index contributed by atoms with van der Waals surface area (Å²) in [5, 5.41) is 10.1. The molecule has 31 heavy (non-hydrogen) atoms. The third-order valence-electron chi connectivity index (χ3n) is 8.62. The van der Waals surface area contributed by atoms with Crippen LogP contribution < -0.4 is 4.74 Å². The van der Waals surface area contributed by atoms with Crippen LogP contribution in [0.1, 0.15) is 63.6 Å². The van der Waals surface area contributed by atoms with Crippen molar-refractivity contribution in [2.75, 3.05) is 20.2 Å². The van der Waals surface area contributed by atoms with Gasteiger partial charge in [-0.3, -0.25) is 9.69 Å². The van der Waals surface area contributed by atoms with E-state index in [0.29, 0.717) is 11.7 Å². The number of aromatic hydroxyl groups is 1. The fraction of sp³-hybridized carbons (Fsp3) is 0.654. The molecule has 1 saturated carbocycles. The van der Waals surface area contributed by atoms with Crippen molar-refractivity contribution in [3.05, 3.63) is 34.9 Å². The van der Waals surface area contributed by atoms with E-state index in [2.05, 4.69) is 31.7 Å². The molecular formula is C26H35NO4. The number of phenols is 1. The summed E-state index contributed by atoms with van der Waals surface area (Å²) in [6.07, 6.45) is 8.05. The van der Waals surface area contributed by atoms with Gasteiger partial charge in [0.1, 0.15) is 6.10 Å². The first kappa shape index (κ1) is 20.9. The summed E-state index contributed by atoms with van der Waals surface area (Å²) in [6, 6.07) is 3.95. The summed E-state index contributed by atoms with van der Waals surface area (Å²) in [5.41, 5.74) is 4.12. The highest BCUT2D eigenvalue weighted by Crippen LogP contribution is 2.54. The molecule has 5 rings (SSSR count). The van der Waals surface area contributed by atoms with E-state index in [0.717, 1.165) is 25.9 Å². The maximum absolute atomic E-state index is 13.0. The van der Waals surface area contributed by atoms with Gasteiger partial charge in [0.15, 0.2) is 11.5 Å². The van der Waals surface area contributed by atoms with Gasteiger partial charge in [-0.15, -0.1) is 0 Å². The Hall–Kier alpha value is -2.01. The van der Waals surface area contributed by atoms with Crippen LogP contribution in [-0.2, 0) is 16.0 Å². The molecule has 0 bridgehead atoms. The third kappa shape index (κ3) is 3.36. The monoisotopic (exact) mass is 425 g/mol. The number of esters is 1. The van der Waals surface area contributed by atoms with E-state index in [1.807, 2.05) is 12.1 Å². The molecule has 0 radical (unpaired) electrons. The number of carbonyl (C=O) groups is 1. The van der Waals surface area contributed by atoms with E-state index < -0.39 is 0 Å². The minimum absolute atomic E-state index is 0.0250. The summed E-state index contributed by atoms with van der Waals surface area (Å²) >= 11 is 0. The largest absolute Gasteiger partial charge is 0.504 e.